The number of allylic oxidation sites excluding steroid dienone is 3. The van der Waals surface area contributed by atoms with Gasteiger partial charge in [0.2, 0.25) is 5.91 Å². The minimum Gasteiger partial charge on any atom is -0.495 e. The van der Waals surface area contributed by atoms with E-state index in [4.69, 9.17) is 23.7 Å². The smallest absolute Gasteiger partial charge is 0.409 e. The summed E-state index contributed by atoms with van der Waals surface area (Å²) < 4.78 is 29.6. The number of fused-ring (bicyclic) bond motifs is 5. The van der Waals surface area contributed by atoms with E-state index in [-0.39, 0.29) is 31.1 Å². The van der Waals surface area contributed by atoms with Crippen molar-refractivity contribution in [3.63, 3.8) is 0 Å². The summed E-state index contributed by atoms with van der Waals surface area (Å²) in [5.74, 6) is -0.532. The van der Waals surface area contributed by atoms with E-state index in [0.717, 1.165) is 11.1 Å². The van der Waals surface area contributed by atoms with Crippen LogP contribution >= 0.6 is 15.9 Å². The maximum absolute atomic E-state index is 13.9. The molecule has 0 aromatic heterocycles. The molecule has 11 nitrogen and oxygen atoms in total. The number of ether oxygens (including phenoxy) is 5. The number of carbonyl (C=O) groups is 3. The van der Waals surface area contributed by atoms with E-state index in [2.05, 4.69) is 21.2 Å². The molecule has 0 aliphatic carbocycles. The van der Waals surface area contributed by atoms with Crippen LogP contribution in [0.3, 0.4) is 0 Å². The minimum absolute atomic E-state index is 0.0144. The lowest BCUT2D eigenvalue weighted by Gasteiger charge is -2.42. The number of rotatable bonds is 5. The SMILES string of the molecule is COc1cc2cc(c1Br)N(C)C(=O)C[C@H](OC(=O)CC(C)C)[C@]1(C)O[C@H]1[C@H](C)[C@@H]1C[C@@](O)(NC(=O)O1)[C@H](OC)/C=C/C=C(\C)C2. The lowest BCUT2D eigenvalue weighted by Crippen LogP contribution is -2.63. The molecule has 3 aliphatic rings. The first kappa shape index (κ1) is 34.9. The van der Waals surface area contributed by atoms with Gasteiger partial charge in [-0.15, -0.1) is 0 Å². The molecule has 45 heavy (non-hydrogen) atoms. The molecule has 1 aromatic carbocycles. The minimum atomic E-state index is -1.76. The summed E-state index contributed by atoms with van der Waals surface area (Å²) in [5.41, 5.74) is -0.314. The van der Waals surface area contributed by atoms with Crippen molar-refractivity contribution in [1.82, 2.24) is 5.32 Å². The molecule has 248 valence electrons. The predicted molar refractivity (Wildman–Crippen MR) is 171 cm³/mol. The second-order valence-corrected chi connectivity index (χ2v) is 13.7. The molecule has 7 atom stereocenters. The number of epoxide rings is 1. The molecule has 0 radical (unpaired) electrons. The molecule has 1 aromatic rings. The van der Waals surface area contributed by atoms with Crippen molar-refractivity contribution < 1.29 is 43.2 Å². The summed E-state index contributed by atoms with van der Waals surface area (Å²) in [5, 5.41) is 14.1. The molecule has 2 N–H and O–H groups in total. The number of alkyl carbamates (subject to hydrolysis) is 1. The molecule has 2 saturated heterocycles. The van der Waals surface area contributed by atoms with E-state index >= 15 is 0 Å². The number of aliphatic hydroxyl groups is 1. The van der Waals surface area contributed by atoms with E-state index in [0.29, 0.717) is 22.3 Å². The maximum atomic E-state index is 13.9. The van der Waals surface area contributed by atoms with Gasteiger partial charge in [0.15, 0.2) is 5.72 Å². The average Bonchev–Trinajstić information content (AvgIpc) is 3.65. The lowest BCUT2D eigenvalue weighted by atomic mass is 9.83. The molecule has 4 rings (SSSR count). The number of nitrogens with one attached hydrogen (secondary N) is 1. The Morgan fingerprint density at radius 1 is 1.27 bits per heavy atom. The standard InChI is InChI=1S/C33H45BrN2O9/c1-18(2)12-28(38)44-26-16-27(37)36(6)22-14-21(15-23(41-7)29(22)34)13-19(3)10-9-11-25(42-8)33(40)17-24(43-31(39)35-33)20(4)30-32(26,5)45-30/h9-11,14-15,18,20,24-26,30,40H,12-13,16-17H2,1-8H3,(H,35,39)/b11-9+,19-10+/t20-,24+,25-,26+,30+,32+,33+/m1/s1. The zero-order chi connectivity index (χ0) is 33.3. The second kappa shape index (κ2) is 13.8. The van der Waals surface area contributed by atoms with Gasteiger partial charge >= 0.3 is 12.1 Å². The van der Waals surface area contributed by atoms with Gasteiger partial charge in [0.05, 0.1) is 29.8 Å². The van der Waals surface area contributed by atoms with Crippen LogP contribution in [0, 0.1) is 11.8 Å². The zero-order valence-electron chi connectivity index (χ0n) is 27.2. The first-order valence-electron chi connectivity index (χ1n) is 15.2. The van der Waals surface area contributed by atoms with E-state index in [1.807, 2.05) is 45.9 Å². The van der Waals surface area contributed by atoms with Crippen LogP contribution in [0.15, 0.2) is 40.4 Å². The molecule has 3 heterocycles. The Morgan fingerprint density at radius 3 is 2.62 bits per heavy atom. The Kier molecular flexibility index (Phi) is 10.7. The molecular formula is C33H45BrN2O9. The average molecular weight is 694 g/mol. The van der Waals surface area contributed by atoms with E-state index in [1.54, 1.807) is 33.2 Å². The summed E-state index contributed by atoms with van der Waals surface area (Å²) in [6, 6.07) is 3.81. The summed E-state index contributed by atoms with van der Waals surface area (Å²) in [6.45, 7) is 9.43. The zero-order valence-corrected chi connectivity index (χ0v) is 28.8. The van der Waals surface area contributed by atoms with Crippen LogP contribution in [0.1, 0.15) is 59.4 Å². The number of esters is 1. The third kappa shape index (κ3) is 7.73. The molecule has 3 aliphatic heterocycles. The molecular weight excluding hydrogens is 648 g/mol. The van der Waals surface area contributed by atoms with Gasteiger partial charge < -0.3 is 33.7 Å². The van der Waals surface area contributed by atoms with Crippen molar-refractivity contribution in [2.45, 2.75) is 96.0 Å². The summed E-state index contributed by atoms with van der Waals surface area (Å²) in [7, 11) is 4.69. The van der Waals surface area contributed by atoms with E-state index in [9.17, 15) is 19.5 Å². The highest BCUT2D eigenvalue weighted by molar-refractivity contribution is 9.10. The van der Waals surface area contributed by atoms with Crippen molar-refractivity contribution >= 4 is 39.6 Å². The van der Waals surface area contributed by atoms with Crippen LogP contribution in [0.5, 0.6) is 5.75 Å². The van der Waals surface area contributed by atoms with Crippen LogP contribution in [-0.2, 0) is 35.0 Å². The summed E-state index contributed by atoms with van der Waals surface area (Å²) in [4.78, 5) is 41.0. The highest BCUT2D eigenvalue weighted by atomic mass is 79.9. The van der Waals surface area contributed by atoms with Crippen LogP contribution < -0.4 is 15.0 Å². The molecule has 0 spiro atoms. The summed E-state index contributed by atoms with van der Waals surface area (Å²) in [6.07, 6.45) is 2.07. The van der Waals surface area contributed by atoms with Gasteiger partial charge in [-0.2, -0.15) is 0 Å². The van der Waals surface area contributed by atoms with Crippen LogP contribution in [-0.4, -0.2) is 80.1 Å². The van der Waals surface area contributed by atoms with Crippen molar-refractivity contribution in [3.8, 4) is 5.75 Å². The van der Waals surface area contributed by atoms with Gasteiger partial charge in [-0.25, -0.2) is 4.79 Å². The van der Waals surface area contributed by atoms with Crippen molar-refractivity contribution in [2.75, 3.05) is 26.2 Å². The number of anilines is 1. The Bertz CT molecular complexity index is 1360. The first-order chi connectivity index (χ1) is 21.1. The van der Waals surface area contributed by atoms with Gasteiger partial charge in [-0.1, -0.05) is 44.6 Å². The quantitative estimate of drug-likeness (QED) is 0.329. The van der Waals surface area contributed by atoms with Crippen molar-refractivity contribution in [1.29, 1.82) is 0 Å². The van der Waals surface area contributed by atoms with Crippen molar-refractivity contribution in [2.24, 2.45) is 11.8 Å². The van der Waals surface area contributed by atoms with Crippen LogP contribution in [0.4, 0.5) is 10.5 Å². The fourth-order valence-corrected chi connectivity index (χ4v) is 6.80. The Balaban J connectivity index is 1.79. The number of carbonyl (C=O) groups excluding carboxylic acids is 3. The molecule has 12 heteroatoms. The molecule has 4 bridgehead atoms. The second-order valence-electron chi connectivity index (χ2n) is 12.9. The highest BCUT2D eigenvalue weighted by Gasteiger charge is 2.64. The third-order valence-electron chi connectivity index (χ3n) is 8.80. The fraction of sp³-hybridized carbons (Fsp3) is 0.606. The Labute approximate surface area is 273 Å². The molecule has 2 fully saturated rings. The highest BCUT2D eigenvalue weighted by Crippen LogP contribution is 2.49. The van der Waals surface area contributed by atoms with Crippen LogP contribution in [0.25, 0.3) is 0 Å². The molecule has 0 unspecified atom stereocenters. The number of benzene rings is 1. The Hall–Kier alpha value is -2.93. The van der Waals surface area contributed by atoms with Crippen molar-refractivity contribution in [3.05, 3.63) is 46.0 Å². The largest absolute Gasteiger partial charge is 0.495 e. The number of halogens is 1. The first-order valence-corrected chi connectivity index (χ1v) is 16.0. The summed E-state index contributed by atoms with van der Waals surface area (Å²) >= 11 is 3.60. The maximum Gasteiger partial charge on any atom is 0.409 e. The fourth-order valence-electron chi connectivity index (χ4n) is 6.15. The molecule has 2 amide bonds. The van der Waals surface area contributed by atoms with Gasteiger partial charge in [0.1, 0.15) is 29.7 Å². The topological polar surface area (TPSA) is 136 Å². The Morgan fingerprint density at radius 2 is 1.98 bits per heavy atom. The number of hydrogen-bond donors (Lipinski definition) is 2. The molecule has 0 saturated carbocycles. The van der Waals surface area contributed by atoms with Gasteiger partial charge in [-0.05, 0) is 59.8 Å². The normalized spacial score (nSPS) is 34.2. The monoisotopic (exact) mass is 692 g/mol. The van der Waals surface area contributed by atoms with Gasteiger partial charge in [0.25, 0.3) is 0 Å². The number of nitrogens with zero attached hydrogens (tertiary/aromatic N) is 1. The van der Waals surface area contributed by atoms with E-state index in [1.165, 1.54) is 12.0 Å². The third-order valence-corrected chi connectivity index (χ3v) is 9.60. The lowest BCUT2D eigenvalue weighted by molar-refractivity contribution is -0.154. The number of hydrogen-bond acceptors (Lipinski definition) is 9. The predicted octanol–water partition coefficient (Wildman–Crippen LogP) is 4.82. The number of methoxy groups -OCH3 is 2. The van der Waals surface area contributed by atoms with Gasteiger partial charge in [-0.3, -0.25) is 14.9 Å². The van der Waals surface area contributed by atoms with E-state index < -0.39 is 53.7 Å². The van der Waals surface area contributed by atoms with Gasteiger partial charge in [0, 0.05) is 32.9 Å². The number of amides is 2. The van der Waals surface area contributed by atoms with Crippen LogP contribution in [0.2, 0.25) is 0 Å².